The van der Waals surface area contributed by atoms with Gasteiger partial charge in [0.05, 0.1) is 18.1 Å². The number of hydrogen-bond donors (Lipinski definition) is 0. The van der Waals surface area contributed by atoms with Crippen molar-refractivity contribution in [1.82, 2.24) is 9.97 Å². The molecule has 0 saturated carbocycles. The second kappa shape index (κ2) is 6.19. The summed E-state index contributed by atoms with van der Waals surface area (Å²) in [4.78, 5) is 10.3. The molecule has 0 aliphatic carbocycles. The van der Waals surface area contributed by atoms with Gasteiger partial charge in [-0.2, -0.15) is 5.26 Å². The molecule has 1 rings (SSSR count). The third-order valence-electron chi connectivity index (χ3n) is 2.27. The molecule has 0 aliphatic rings. The van der Waals surface area contributed by atoms with Crippen molar-refractivity contribution in [3.63, 3.8) is 0 Å². The van der Waals surface area contributed by atoms with Crippen LogP contribution < -0.4 is 4.90 Å². The minimum atomic E-state index is 0.225. The normalized spacial score (nSPS) is 10.6. The molecule has 1 aromatic rings. The molecule has 0 amide bonds. The van der Waals surface area contributed by atoms with Crippen molar-refractivity contribution in [2.24, 2.45) is 11.8 Å². The zero-order valence-electron chi connectivity index (χ0n) is 11.0. The zero-order valence-corrected chi connectivity index (χ0v) is 11.0. The number of nitriles is 1. The molecule has 0 N–H and O–H groups in total. The fourth-order valence-corrected chi connectivity index (χ4v) is 1.71. The molecule has 0 unspecified atom stereocenters. The van der Waals surface area contributed by atoms with Crippen LogP contribution >= 0.6 is 0 Å². The van der Waals surface area contributed by atoms with Crippen molar-refractivity contribution in [3.05, 3.63) is 18.2 Å². The van der Waals surface area contributed by atoms with Gasteiger partial charge in [-0.25, -0.2) is 9.97 Å². The average Bonchev–Trinajstić information content (AvgIpc) is 2.27. The van der Waals surface area contributed by atoms with Crippen LogP contribution in [0.1, 0.15) is 33.5 Å². The Morgan fingerprint density at radius 2 is 1.59 bits per heavy atom. The Morgan fingerprint density at radius 1 is 1.12 bits per heavy atom. The molecule has 0 aliphatic heterocycles. The van der Waals surface area contributed by atoms with E-state index in [0.717, 1.165) is 18.8 Å². The van der Waals surface area contributed by atoms with E-state index < -0.39 is 0 Å². The standard InChI is InChI=1S/C13H20N4/c1-10(2)8-17(9-11(3)4)12-6-15-13(5-14)16-7-12/h6-7,10-11H,8-9H2,1-4H3. The van der Waals surface area contributed by atoms with E-state index in [4.69, 9.17) is 5.26 Å². The van der Waals surface area contributed by atoms with E-state index in [2.05, 4.69) is 42.6 Å². The highest BCUT2D eigenvalue weighted by Gasteiger charge is 2.11. The second-order valence-corrected chi connectivity index (χ2v) is 5.07. The molecule has 0 bridgehead atoms. The molecular weight excluding hydrogens is 212 g/mol. The van der Waals surface area contributed by atoms with Crippen LogP contribution in [0.3, 0.4) is 0 Å². The van der Waals surface area contributed by atoms with Crippen LogP contribution in [0, 0.1) is 23.2 Å². The number of hydrogen-bond acceptors (Lipinski definition) is 4. The van der Waals surface area contributed by atoms with Crippen LogP contribution in [-0.2, 0) is 0 Å². The minimum Gasteiger partial charge on any atom is -0.369 e. The summed E-state index contributed by atoms with van der Waals surface area (Å²) in [6.07, 6.45) is 3.46. The lowest BCUT2D eigenvalue weighted by molar-refractivity contribution is 0.551. The molecule has 0 saturated heterocycles. The van der Waals surface area contributed by atoms with Crippen LogP contribution in [-0.4, -0.2) is 23.1 Å². The molecule has 0 radical (unpaired) electrons. The first-order chi connectivity index (χ1) is 8.02. The summed E-state index contributed by atoms with van der Waals surface area (Å²) in [6, 6.07) is 1.93. The highest BCUT2D eigenvalue weighted by molar-refractivity contribution is 5.42. The maximum atomic E-state index is 8.67. The van der Waals surface area contributed by atoms with Gasteiger partial charge < -0.3 is 4.90 Å². The van der Waals surface area contributed by atoms with Gasteiger partial charge in [0.2, 0.25) is 5.82 Å². The fraction of sp³-hybridized carbons (Fsp3) is 0.615. The average molecular weight is 232 g/mol. The molecule has 4 nitrogen and oxygen atoms in total. The van der Waals surface area contributed by atoms with Gasteiger partial charge in [0.25, 0.3) is 0 Å². The summed E-state index contributed by atoms with van der Waals surface area (Å²) in [5.74, 6) is 1.40. The van der Waals surface area contributed by atoms with Crippen LogP contribution in [0.25, 0.3) is 0 Å². The number of aromatic nitrogens is 2. The molecule has 0 atom stereocenters. The second-order valence-electron chi connectivity index (χ2n) is 5.07. The van der Waals surface area contributed by atoms with Gasteiger partial charge in [0.1, 0.15) is 6.07 Å². The molecule has 92 valence electrons. The summed E-state index contributed by atoms with van der Waals surface area (Å²) < 4.78 is 0. The summed E-state index contributed by atoms with van der Waals surface area (Å²) in [5.41, 5.74) is 0.992. The summed E-state index contributed by atoms with van der Waals surface area (Å²) in [6.45, 7) is 10.7. The lowest BCUT2D eigenvalue weighted by Gasteiger charge is -2.27. The van der Waals surface area contributed by atoms with Crippen molar-refractivity contribution in [1.29, 1.82) is 5.26 Å². The lowest BCUT2D eigenvalue weighted by Crippen LogP contribution is -2.31. The number of anilines is 1. The summed E-state index contributed by atoms with van der Waals surface area (Å²) >= 11 is 0. The van der Waals surface area contributed by atoms with Gasteiger partial charge in [-0.3, -0.25) is 0 Å². The first kappa shape index (κ1) is 13.4. The maximum absolute atomic E-state index is 8.67. The van der Waals surface area contributed by atoms with Gasteiger partial charge in [-0.05, 0) is 11.8 Å². The van der Waals surface area contributed by atoms with E-state index in [1.54, 1.807) is 12.4 Å². The van der Waals surface area contributed by atoms with Crippen LogP contribution in [0.5, 0.6) is 0 Å². The Labute approximate surface area is 103 Å². The third-order valence-corrected chi connectivity index (χ3v) is 2.27. The first-order valence-corrected chi connectivity index (χ1v) is 6.00. The fourth-order valence-electron chi connectivity index (χ4n) is 1.71. The van der Waals surface area contributed by atoms with E-state index in [1.807, 2.05) is 6.07 Å². The smallest absolute Gasteiger partial charge is 0.232 e. The van der Waals surface area contributed by atoms with Gasteiger partial charge in [0, 0.05) is 13.1 Å². The van der Waals surface area contributed by atoms with E-state index >= 15 is 0 Å². The molecule has 0 fully saturated rings. The third kappa shape index (κ3) is 4.39. The van der Waals surface area contributed by atoms with E-state index in [1.165, 1.54) is 0 Å². The van der Waals surface area contributed by atoms with Crippen molar-refractivity contribution in [3.8, 4) is 6.07 Å². The van der Waals surface area contributed by atoms with Gasteiger partial charge in [-0.1, -0.05) is 27.7 Å². The Balaban J connectivity index is 2.84. The number of nitrogens with zero attached hydrogens (tertiary/aromatic N) is 4. The van der Waals surface area contributed by atoms with Crippen LogP contribution in [0.15, 0.2) is 12.4 Å². The van der Waals surface area contributed by atoms with E-state index in [9.17, 15) is 0 Å². The van der Waals surface area contributed by atoms with E-state index in [-0.39, 0.29) is 5.82 Å². The van der Waals surface area contributed by atoms with Crippen molar-refractivity contribution in [2.75, 3.05) is 18.0 Å². The van der Waals surface area contributed by atoms with Gasteiger partial charge in [0.15, 0.2) is 0 Å². The zero-order chi connectivity index (χ0) is 12.8. The number of rotatable bonds is 5. The van der Waals surface area contributed by atoms with E-state index in [0.29, 0.717) is 11.8 Å². The monoisotopic (exact) mass is 232 g/mol. The maximum Gasteiger partial charge on any atom is 0.232 e. The predicted octanol–water partition coefficient (Wildman–Crippen LogP) is 2.47. The molecule has 1 aromatic heterocycles. The summed E-state index contributed by atoms with van der Waals surface area (Å²) in [5, 5.41) is 8.67. The largest absolute Gasteiger partial charge is 0.369 e. The molecule has 4 heteroatoms. The quantitative estimate of drug-likeness (QED) is 0.782. The van der Waals surface area contributed by atoms with Crippen LogP contribution in [0.4, 0.5) is 5.69 Å². The Bertz CT molecular complexity index is 365. The van der Waals surface area contributed by atoms with Crippen molar-refractivity contribution < 1.29 is 0 Å². The van der Waals surface area contributed by atoms with Gasteiger partial charge in [-0.15, -0.1) is 0 Å². The Kier molecular flexibility index (Phi) is 4.89. The topological polar surface area (TPSA) is 52.8 Å². The highest BCUT2D eigenvalue weighted by Crippen LogP contribution is 2.15. The highest BCUT2D eigenvalue weighted by atomic mass is 15.1. The van der Waals surface area contributed by atoms with Gasteiger partial charge >= 0.3 is 0 Å². The lowest BCUT2D eigenvalue weighted by atomic mass is 10.1. The molecule has 17 heavy (non-hydrogen) atoms. The molecule has 0 aromatic carbocycles. The van der Waals surface area contributed by atoms with Crippen molar-refractivity contribution >= 4 is 5.69 Å². The Hall–Kier alpha value is -1.63. The molecule has 1 heterocycles. The van der Waals surface area contributed by atoms with Crippen LogP contribution in [0.2, 0.25) is 0 Å². The van der Waals surface area contributed by atoms with Crippen molar-refractivity contribution in [2.45, 2.75) is 27.7 Å². The first-order valence-electron chi connectivity index (χ1n) is 6.00. The summed E-state index contributed by atoms with van der Waals surface area (Å²) in [7, 11) is 0. The molecule has 0 spiro atoms. The predicted molar refractivity (Wildman–Crippen MR) is 68.6 cm³/mol. The molecular formula is C13H20N4. The Morgan fingerprint density at radius 3 is 1.94 bits per heavy atom. The minimum absolute atomic E-state index is 0.225. The SMILES string of the molecule is CC(C)CN(CC(C)C)c1cnc(C#N)nc1.